The number of aliphatic hydroxyl groups is 1. The number of carbonyl (C=O) groups is 1. The zero-order valence-electron chi connectivity index (χ0n) is 5.16. The molecule has 0 fully saturated rings. The maximum atomic E-state index is 9.73. The molecule has 3 nitrogen and oxygen atoms in total. The average molecular weight is 117 g/mol. The number of rotatable bonds is 3. The highest BCUT2D eigenvalue weighted by molar-refractivity contribution is 5.49. The Morgan fingerprint density at radius 1 is 1.75 bits per heavy atom. The van der Waals surface area contributed by atoms with E-state index in [-0.39, 0.29) is 6.42 Å². The molecular formula is C5H11NO2. The monoisotopic (exact) mass is 117 g/mol. The first kappa shape index (κ1) is 7.59. The number of hydrogen-bond acceptors (Lipinski definition) is 3. The van der Waals surface area contributed by atoms with Crippen molar-refractivity contribution in [2.45, 2.75) is 12.6 Å². The highest BCUT2D eigenvalue weighted by Gasteiger charge is 2.02. The zero-order valence-corrected chi connectivity index (χ0v) is 5.16. The second kappa shape index (κ2) is 3.57. The zero-order chi connectivity index (χ0) is 6.57. The molecule has 0 aliphatic heterocycles. The Labute approximate surface area is 48.9 Å². The van der Waals surface area contributed by atoms with Gasteiger partial charge in [0.2, 0.25) is 0 Å². The lowest BCUT2D eigenvalue weighted by molar-refractivity contribution is -0.111. The van der Waals surface area contributed by atoms with Crippen LogP contribution in [0.4, 0.5) is 0 Å². The van der Waals surface area contributed by atoms with Crippen LogP contribution in [0.2, 0.25) is 0 Å². The smallest absolute Gasteiger partial charge is 0.123 e. The van der Waals surface area contributed by atoms with E-state index in [1.54, 1.807) is 19.0 Å². The van der Waals surface area contributed by atoms with Gasteiger partial charge in [-0.05, 0) is 14.1 Å². The van der Waals surface area contributed by atoms with Crippen LogP contribution in [0.25, 0.3) is 0 Å². The first-order valence-electron chi connectivity index (χ1n) is 2.46. The van der Waals surface area contributed by atoms with E-state index in [1.807, 2.05) is 0 Å². The summed E-state index contributed by atoms with van der Waals surface area (Å²) in [5, 5.41) is 8.82. The fourth-order valence-electron chi connectivity index (χ4n) is 0.297. The Morgan fingerprint density at radius 3 is 2.38 bits per heavy atom. The van der Waals surface area contributed by atoms with Crippen LogP contribution in [0.5, 0.6) is 0 Å². The van der Waals surface area contributed by atoms with Crippen LogP contribution in [-0.4, -0.2) is 36.6 Å². The van der Waals surface area contributed by atoms with Gasteiger partial charge in [0.15, 0.2) is 0 Å². The molecule has 0 saturated heterocycles. The summed E-state index contributed by atoms with van der Waals surface area (Å²) < 4.78 is 0. The summed E-state index contributed by atoms with van der Waals surface area (Å²) in [5.41, 5.74) is 0. The minimum Gasteiger partial charge on any atom is -0.378 e. The molecule has 1 N–H and O–H groups in total. The van der Waals surface area contributed by atoms with Crippen molar-refractivity contribution in [3.8, 4) is 0 Å². The second-order valence-corrected chi connectivity index (χ2v) is 1.85. The molecule has 1 unspecified atom stereocenters. The first-order valence-corrected chi connectivity index (χ1v) is 2.46. The lowest BCUT2D eigenvalue weighted by Gasteiger charge is -2.14. The SMILES string of the molecule is CN(C)C(O)CC=O. The third-order valence-corrected chi connectivity index (χ3v) is 0.903. The summed E-state index contributed by atoms with van der Waals surface area (Å²) in [4.78, 5) is 11.3. The molecule has 0 aromatic rings. The van der Waals surface area contributed by atoms with Crippen molar-refractivity contribution in [2.24, 2.45) is 0 Å². The molecule has 0 aliphatic carbocycles. The molecule has 0 radical (unpaired) electrons. The number of aliphatic hydroxyl groups excluding tert-OH is 1. The fraction of sp³-hybridized carbons (Fsp3) is 0.800. The topological polar surface area (TPSA) is 40.5 Å². The van der Waals surface area contributed by atoms with Crippen molar-refractivity contribution in [2.75, 3.05) is 14.1 Å². The highest BCUT2D eigenvalue weighted by atomic mass is 16.3. The van der Waals surface area contributed by atoms with Gasteiger partial charge < -0.3 is 9.90 Å². The molecule has 0 aromatic heterocycles. The fourth-order valence-corrected chi connectivity index (χ4v) is 0.297. The summed E-state index contributed by atoms with van der Waals surface area (Å²) in [6.07, 6.45) is 0.269. The standard InChI is InChI=1S/C5H11NO2/c1-6(2)5(8)3-4-7/h4-5,8H,3H2,1-2H3. The molecule has 0 saturated carbocycles. The lowest BCUT2D eigenvalue weighted by Crippen LogP contribution is -2.27. The summed E-state index contributed by atoms with van der Waals surface area (Å²) in [6, 6.07) is 0. The van der Waals surface area contributed by atoms with Crippen molar-refractivity contribution in [3.63, 3.8) is 0 Å². The molecule has 3 heteroatoms. The van der Waals surface area contributed by atoms with Crippen LogP contribution in [0.15, 0.2) is 0 Å². The van der Waals surface area contributed by atoms with Gasteiger partial charge in [-0.1, -0.05) is 0 Å². The van der Waals surface area contributed by atoms with Crippen molar-refractivity contribution in [1.82, 2.24) is 4.90 Å². The molecule has 0 aromatic carbocycles. The Kier molecular flexibility index (Phi) is 3.39. The minimum atomic E-state index is -0.618. The van der Waals surface area contributed by atoms with E-state index in [4.69, 9.17) is 5.11 Å². The Bertz CT molecular complexity index is 72.8. The van der Waals surface area contributed by atoms with Crippen molar-refractivity contribution in [3.05, 3.63) is 0 Å². The summed E-state index contributed by atoms with van der Waals surface area (Å²) in [7, 11) is 3.43. The first-order chi connectivity index (χ1) is 3.68. The molecule has 0 rings (SSSR count). The van der Waals surface area contributed by atoms with E-state index < -0.39 is 6.23 Å². The molecule has 0 amide bonds. The molecule has 0 bridgehead atoms. The predicted octanol–water partition coefficient (Wildman–Crippen LogP) is -0.545. The molecule has 8 heavy (non-hydrogen) atoms. The Balaban J connectivity index is 3.30. The van der Waals surface area contributed by atoms with E-state index in [1.165, 1.54) is 0 Å². The highest BCUT2D eigenvalue weighted by Crippen LogP contribution is 1.89. The number of carbonyl (C=O) groups excluding carboxylic acids is 1. The van der Waals surface area contributed by atoms with Crippen molar-refractivity contribution >= 4 is 6.29 Å². The molecule has 0 heterocycles. The van der Waals surface area contributed by atoms with Crippen LogP contribution in [0, 0.1) is 0 Å². The van der Waals surface area contributed by atoms with Gasteiger partial charge in [0.25, 0.3) is 0 Å². The third kappa shape index (κ3) is 2.71. The van der Waals surface area contributed by atoms with Gasteiger partial charge in [-0.25, -0.2) is 0 Å². The van der Waals surface area contributed by atoms with Crippen molar-refractivity contribution in [1.29, 1.82) is 0 Å². The van der Waals surface area contributed by atoms with Crippen LogP contribution in [-0.2, 0) is 4.79 Å². The number of aldehydes is 1. The van der Waals surface area contributed by atoms with Crippen molar-refractivity contribution < 1.29 is 9.90 Å². The second-order valence-electron chi connectivity index (χ2n) is 1.85. The average Bonchev–Trinajstić information content (AvgIpc) is 1.67. The number of hydrogen-bond donors (Lipinski definition) is 1. The molecule has 0 aliphatic rings. The van der Waals surface area contributed by atoms with E-state index in [0.29, 0.717) is 6.29 Å². The van der Waals surface area contributed by atoms with E-state index in [9.17, 15) is 4.79 Å². The Hall–Kier alpha value is -0.410. The maximum absolute atomic E-state index is 9.73. The van der Waals surface area contributed by atoms with Gasteiger partial charge in [0, 0.05) is 6.42 Å². The third-order valence-electron chi connectivity index (χ3n) is 0.903. The predicted molar refractivity (Wildman–Crippen MR) is 30.4 cm³/mol. The van der Waals surface area contributed by atoms with Gasteiger partial charge in [-0.15, -0.1) is 0 Å². The van der Waals surface area contributed by atoms with Gasteiger partial charge in [-0.2, -0.15) is 0 Å². The van der Waals surface area contributed by atoms with Gasteiger partial charge in [0.05, 0.1) is 0 Å². The van der Waals surface area contributed by atoms with Crippen LogP contribution >= 0.6 is 0 Å². The molecule has 1 atom stereocenters. The van der Waals surface area contributed by atoms with E-state index >= 15 is 0 Å². The largest absolute Gasteiger partial charge is 0.378 e. The summed E-state index contributed by atoms with van der Waals surface area (Å²) in [6.45, 7) is 0. The van der Waals surface area contributed by atoms with Crippen LogP contribution < -0.4 is 0 Å². The Morgan fingerprint density at radius 2 is 2.25 bits per heavy atom. The molecule has 0 spiro atoms. The number of nitrogens with zero attached hydrogens (tertiary/aromatic N) is 1. The summed E-state index contributed by atoms with van der Waals surface area (Å²) in [5.74, 6) is 0. The quantitative estimate of drug-likeness (QED) is 0.398. The molecular weight excluding hydrogens is 106 g/mol. The van der Waals surface area contributed by atoms with Gasteiger partial charge in [-0.3, -0.25) is 4.90 Å². The van der Waals surface area contributed by atoms with E-state index in [0.717, 1.165) is 0 Å². The van der Waals surface area contributed by atoms with Gasteiger partial charge >= 0.3 is 0 Å². The van der Waals surface area contributed by atoms with Crippen LogP contribution in [0.3, 0.4) is 0 Å². The normalized spacial score (nSPS) is 14.0. The molecule has 48 valence electrons. The maximum Gasteiger partial charge on any atom is 0.123 e. The van der Waals surface area contributed by atoms with E-state index in [2.05, 4.69) is 0 Å². The van der Waals surface area contributed by atoms with Gasteiger partial charge in [0.1, 0.15) is 12.5 Å². The minimum absolute atomic E-state index is 0.188. The lowest BCUT2D eigenvalue weighted by atomic mass is 10.4. The van der Waals surface area contributed by atoms with Crippen LogP contribution in [0.1, 0.15) is 6.42 Å². The summed E-state index contributed by atoms with van der Waals surface area (Å²) >= 11 is 0.